The first-order valence-electron chi connectivity index (χ1n) is 12.0. The summed E-state index contributed by atoms with van der Waals surface area (Å²) in [6.45, 7) is 5.65. The summed E-state index contributed by atoms with van der Waals surface area (Å²) in [6, 6.07) is 2.42. The molecule has 206 valence electrons. The Labute approximate surface area is 223 Å². The maximum absolute atomic E-state index is 14.1. The Kier molecular flexibility index (Phi) is 7.96. The fourth-order valence-corrected chi connectivity index (χ4v) is 4.54. The summed E-state index contributed by atoms with van der Waals surface area (Å²) in [5.74, 6) is 0.0874. The van der Waals surface area contributed by atoms with E-state index in [4.69, 9.17) is 26.8 Å². The van der Waals surface area contributed by atoms with E-state index in [-0.39, 0.29) is 34.8 Å². The van der Waals surface area contributed by atoms with Gasteiger partial charge in [0.05, 0.1) is 12.1 Å². The van der Waals surface area contributed by atoms with Gasteiger partial charge in [0, 0.05) is 29.2 Å². The van der Waals surface area contributed by atoms with Crippen LogP contribution in [0.3, 0.4) is 0 Å². The molecule has 2 aliphatic heterocycles. The molecule has 3 unspecified atom stereocenters. The van der Waals surface area contributed by atoms with Crippen molar-refractivity contribution in [3.8, 4) is 0 Å². The average Bonchev–Trinajstić information content (AvgIpc) is 3.22. The lowest BCUT2D eigenvalue weighted by atomic mass is 9.88. The Bertz CT molecular complexity index is 1190. The van der Waals surface area contributed by atoms with E-state index < -0.39 is 35.6 Å². The van der Waals surface area contributed by atoms with Gasteiger partial charge in [0.15, 0.2) is 6.29 Å². The summed E-state index contributed by atoms with van der Waals surface area (Å²) in [5.41, 5.74) is 9.46. The van der Waals surface area contributed by atoms with Gasteiger partial charge in [0.25, 0.3) is 0 Å². The van der Waals surface area contributed by atoms with Crippen LogP contribution in [0.15, 0.2) is 53.4 Å². The van der Waals surface area contributed by atoms with Crippen molar-refractivity contribution in [2.75, 3.05) is 11.9 Å². The van der Waals surface area contributed by atoms with Gasteiger partial charge in [-0.25, -0.2) is 9.79 Å². The fourth-order valence-electron chi connectivity index (χ4n) is 4.18. The molecule has 13 heteroatoms. The molecular formula is C25H30ClF3N6O3. The highest BCUT2D eigenvalue weighted by Crippen LogP contribution is 2.43. The molecule has 38 heavy (non-hydrogen) atoms. The van der Waals surface area contributed by atoms with E-state index in [1.54, 1.807) is 45.2 Å². The summed E-state index contributed by atoms with van der Waals surface area (Å²) >= 11 is 6.39. The normalized spacial score (nSPS) is 23.5. The van der Waals surface area contributed by atoms with E-state index in [0.29, 0.717) is 18.7 Å². The van der Waals surface area contributed by atoms with Crippen LogP contribution in [-0.4, -0.2) is 41.5 Å². The number of aliphatic imine (C=N–C) groups is 1. The minimum Gasteiger partial charge on any atom is -0.489 e. The molecule has 0 saturated carbocycles. The number of allylic oxidation sites excluding steroid dienone is 3. The number of nitrogens with one attached hydrogen (secondary N) is 3. The predicted octanol–water partition coefficient (Wildman–Crippen LogP) is 4.94. The minimum atomic E-state index is -4.63. The fraction of sp³-hybridized carbons (Fsp3) is 0.440. The van der Waals surface area contributed by atoms with E-state index >= 15 is 0 Å². The van der Waals surface area contributed by atoms with Crippen molar-refractivity contribution < 1.29 is 27.4 Å². The summed E-state index contributed by atoms with van der Waals surface area (Å²) in [6.07, 6.45) is 3.18. The van der Waals surface area contributed by atoms with Gasteiger partial charge in [-0.15, -0.1) is 0 Å². The van der Waals surface area contributed by atoms with Crippen molar-refractivity contribution in [1.29, 1.82) is 0 Å². The van der Waals surface area contributed by atoms with Gasteiger partial charge in [-0.1, -0.05) is 23.8 Å². The number of anilines is 1. The van der Waals surface area contributed by atoms with Crippen LogP contribution >= 0.6 is 11.6 Å². The highest BCUT2D eigenvalue weighted by Gasteiger charge is 2.37. The standard InChI is InChI=1S/C25H30ClF3N6O3/c1-24(2,3)38-23(36)35-10-4-5-17(13-35)37-16-8-6-14(7-9-16)20-18(25(27,28)29)11-15(12-19(20)26)31-22-32-21(30)33-34-22/h4,6,8-12,14,17,21,33H,5,7,13,30H2,1-3H3,(H2,31,32,34). The molecule has 1 amide bonds. The highest BCUT2D eigenvalue weighted by molar-refractivity contribution is 6.32. The molecule has 0 radical (unpaired) electrons. The first-order chi connectivity index (χ1) is 17.8. The first kappa shape index (κ1) is 27.8. The molecule has 0 bridgehead atoms. The van der Waals surface area contributed by atoms with Crippen LogP contribution < -0.4 is 21.9 Å². The van der Waals surface area contributed by atoms with Crippen molar-refractivity contribution in [2.24, 2.45) is 10.7 Å². The number of hydrogen-bond acceptors (Lipinski definition) is 8. The van der Waals surface area contributed by atoms with Crippen LogP contribution in [0.1, 0.15) is 50.7 Å². The predicted molar refractivity (Wildman–Crippen MR) is 138 cm³/mol. The van der Waals surface area contributed by atoms with Gasteiger partial charge >= 0.3 is 12.3 Å². The Morgan fingerprint density at radius 1 is 1.26 bits per heavy atom. The third-order valence-electron chi connectivity index (χ3n) is 5.76. The smallest absolute Gasteiger partial charge is 0.416 e. The molecule has 2 heterocycles. The number of nitrogens with zero attached hydrogens (tertiary/aromatic N) is 2. The number of nitrogens with two attached hydrogens (primary N) is 1. The number of ether oxygens (including phenoxy) is 2. The Balaban J connectivity index is 1.44. The number of hydrazine groups is 1. The molecule has 1 aromatic carbocycles. The van der Waals surface area contributed by atoms with E-state index in [2.05, 4.69) is 21.2 Å². The van der Waals surface area contributed by atoms with Crippen LogP contribution in [0, 0.1) is 0 Å². The number of hydrogen-bond donors (Lipinski definition) is 4. The number of guanidine groups is 1. The summed E-state index contributed by atoms with van der Waals surface area (Å²) in [5, 5.41) is 2.72. The number of rotatable bonds is 4. The molecule has 0 aromatic heterocycles. The van der Waals surface area contributed by atoms with Crippen molar-refractivity contribution in [3.63, 3.8) is 0 Å². The van der Waals surface area contributed by atoms with Gasteiger partial charge in [0.2, 0.25) is 5.96 Å². The molecule has 4 rings (SSSR count). The molecule has 1 aliphatic carbocycles. The number of carbonyl (C=O) groups excluding carboxylic acids is 1. The van der Waals surface area contributed by atoms with E-state index in [9.17, 15) is 18.0 Å². The Morgan fingerprint density at radius 3 is 2.63 bits per heavy atom. The SMILES string of the molecule is CC(C)(C)OC(=O)N1C=CCC(OC2=CCC(c3c(Cl)cc(NC4=NC(N)NN4)cc3C(F)(F)F)C=C2)C1. The second-order valence-electron chi connectivity index (χ2n) is 10.0. The molecule has 1 aromatic rings. The van der Waals surface area contributed by atoms with Gasteiger partial charge < -0.3 is 14.8 Å². The van der Waals surface area contributed by atoms with E-state index in [1.807, 2.05) is 6.08 Å². The van der Waals surface area contributed by atoms with Gasteiger partial charge in [-0.05, 0) is 57.0 Å². The van der Waals surface area contributed by atoms with Crippen LogP contribution in [0.25, 0.3) is 0 Å². The minimum absolute atomic E-state index is 0.0240. The van der Waals surface area contributed by atoms with Crippen LogP contribution in [-0.2, 0) is 15.7 Å². The van der Waals surface area contributed by atoms with Crippen molar-refractivity contribution in [1.82, 2.24) is 15.8 Å². The zero-order valence-corrected chi connectivity index (χ0v) is 21.9. The summed E-state index contributed by atoms with van der Waals surface area (Å²) in [7, 11) is 0. The molecule has 3 atom stereocenters. The summed E-state index contributed by atoms with van der Waals surface area (Å²) < 4.78 is 53.6. The molecule has 0 spiro atoms. The number of carbonyl (C=O) groups is 1. The number of amides is 1. The maximum atomic E-state index is 14.1. The third-order valence-corrected chi connectivity index (χ3v) is 6.07. The van der Waals surface area contributed by atoms with Crippen molar-refractivity contribution in [3.05, 3.63) is 64.5 Å². The lowest BCUT2D eigenvalue weighted by Gasteiger charge is -2.31. The molecule has 0 fully saturated rings. The van der Waals surface area contributed by atoms with Gasteiger partial charge in [0.1, 0.15) is 17.5 Å². The zero-order valence-electron chi connectivity index (χ0n) is 21.1. The van der Waals surface area contributed by atoms with Gasteiger partial charge in [-0.3, -0.25) is 16.1 Å². The number of alkyl halides is 3. The average molecular weight is 555 g/mol. The lowest BCUT2D eigenvalue weighted by molar-refractivity contribution is -0.138. The second-order valence-corrected chi connectivity index (χ2v) is 10.4. The second kappa shape index (κ2) is 10.9. The van der Waals surface area contributed by atoms with Crippen LogP contribution in [0.2, 0.25) is 5.02 Å². The molecule has 0 saturated heterocycles. The van der Waals surface area contributed by atoms with Crippen LogP contribution in [0.5, 0.6) is 0 Å². The largest absolute Gasteiger partial charge is 0.489 e. The molecule has 5 N–H and O–H groups in total. The lowest BCUT2D eigenvalue weighted by Crippen LogP contribution is -2.41. The Hall–Kier alpha value is -3.22. The first-order valence-corrected chi connectivity index (χ1v) is 12.4. The zero-order chi connectivity index (χ0) is 27.7. The molecule has 9 nitrogen and oxygen atoms in total. The quantitative estimate of drug-likeness (QED) is 0.417. The summed E-state index contributed by atoms with van der Waals surface area (Å²) in [4.78, 5) is 17.8. The monoisotopic (exact) mass is 554 g/mol. The van der Waals surface area contributed by atoms with Gasteiger partial charge in [-0.2, -0.15) is 18.6 Å². The van der Waals surface area contributed by atoms with Crippen molar-refractivity contribution >= 4 is 29.3 Å². The topological polar surface area (TPSA) is 113 Å². The molecule has 3 aliphatic rings. The number of halogens is 4. The van der Waals surface area contributed by atoms with E-state index in [1.165, 1.54) is 11.0 Å². The third kappa shape index (κ3) is 7.00. The van der Waals surface area contributed by atoms with E-state index in [0.717, 1.165) is 6.07 Å². The van der Waals surface area contributed by atoms with Crippen LogP contribution in [0.4, 0.5) is 23.7 Å². The Morgan fingerprint density at radius 2 is 2.03 bits per heavy atom. The number of benzene rings is 1. The highest BCUT2D eigenvalue weighted by atomic mass is 35.5. The maximum Gasteiger partial charge on any atom is 0.416 e. The molecular weight excluding hydrogens is 525 g/mol. The van der Waals surface area contributed by atoms with Crippen molar-refractivity contribution in [2.45, 2.75) is 63.7 Å².